The molecular weight excluding hydrogens is 302 g/mol. The molecule has 0 bridgehead atoms. The van der Waals surface area contributed by atoms with E-state index in [0.29, 0.717) is 12.3 Å². The van der Waals surface area contributed by atoms with Gasteiger partial charge in [-0.05, 0) is 68.2 Å². The summed E-state index contributed by atoms with van der Waals surface area (Å²) in [5, 5.41) is 9.24. The molecule has 1 fully saturated rings. The van der Waals surface area contributed by atoms with Gasteiger partial charge in [-0.2, -0.15) is 4.31 Å². The van der Waals surface area contributed by atoms with E-state index < -0.39 is 16.0 Å². The van der Waals surface area contributed by atoms with Crippen LogP contribution in [0.5, 0.6) is 0 Å². The van der Waals surface area contributed by atoms with E-state index in [1.54, 1.807) is 13.1 Å². The van der Waals surface area contributed by atoms with Gasteiger partial charge in [-0.15, -0.1) is 0 Å². The van der Waals surface area contributed by atoms with Gasteiger partial charge in [0, 0.05) is 13.1 Å². The van der Waals surface area contributed by atoms with Crippen LogP contribution in [0.3, 0.4) is 0 Å². The lowest BCUT2D eigenvalue weighted by atomic mass is 10.1. The maximum absolute atomic E-state index is 13.0. The lowest BCUT2D eigenvalue weighted by Crippen LogP contribution is -2.37. The first-order chi connectivity index (χ1) is 10.3. The number of carboxylic acid groups (broad SMARTS) is 1. The molecule has 1 saturated carbocycles. The summed E-state index contributed by atoms with van der Waals surface area (Å²) < 4.78 is 27.4. The van der Waals surface area contributed by atoms with Crippen LogP contribution < -0.4 is 0 Å². The average Bonchev–Trinajstić information content (AvgIpc) is 3.21. The number of hydrogen-bond donors (Lipinski definition) is 1. The topological polar surface area (TPSA) is 74.7 Å². The fourth-order valence-corrected chi connectivity index (χ4v) is 5.01. The summed E-state index contributed by atoms with van der Waals surface area (Å²) in [6.45, 7) is 1.93. The van der Waals surface area contributed by atoms with Crippen molar-refractivity contribution in [1.82, 2.24) is 4.31 Å². The molecule has 22 heavy (non-hydrogen) atoms. The first-order valence-electron chi connectivity index (χ1n) is 7.69. The number of aromatic carboxylic acids is 1. The molecule has 0 heterocycles. The minimum Gasteiger partial charge on any atom is -0.478 e. The third-order valence-corrected chi connectivity index (χ3v) is 6.97. The number of fused-ring (bicyclic) bond motifs is 1. The molecule has 2 aliphatic rings. The smallest absolute Gasteiger partial charge is 0.335 e. The van der Waals surface area contributed by atoms with Crippen LogP contribution in [-0.2, 0) is 22.9 Å². The predicted molar refractivity (Wildman–Crippen MR) is 82.6 cm³/mol. The first kappa shape index (κ1) is 15.5. The van der Waals surface area contributed by atoms with Gasteiger partial charge in [0.05, 0.1) is 10.5 Å². The Labute approximate surface area is 131 Å². The van der Waals surface area contributed by atoms with Crippen molar-refractivity contribution < 1.29 is 18.3 Å². The molecule has 2 aliphatic carbocycles. The maximum atomic E-state index is 13.0. The Morgan fingerprint density at radius 2 is 2.00 bits per heavy atom. The Morgan fingerprint density at radius 3 is 2.59 bits per heavy atom. The summed E-state index contributed by atoms with van der Waals surface area (Å²) in [7, 11) is -2.05. The van der Waals surface area contributed by atoms with Crippen molar-refractivity contribution in [3.05, 3.63) is 28.8 Å². The molecule has 1 aromatic carbocycles. The molecule has 1 aromatic rings. The van der Waals surface area contributed by atoms with E-state index in [0.717, 1.165) is 36.8 Å². The molecule has 120 valence electrons. The van der Waals surface area contributed by atoms with E-state index in [2.05, 4.69) is 0 Å². The Balaban J connectivity index is 2.08. The third-order valence-electron chi connectivity index (χ3n) is 4.96. The quantitative estimate of drug-likeness (QED) is 0.902. The Morgan fingerprint density at radius 1 is 1.32 bits per heavy atom. The lowest BCUT2D eigenvalue weighted by molar-refractivity contribution is 0.0696. The van der Waals surface area contributed by atoms with E-state index in [-0.39, 0.29) is 16.5 Å². The van der Waals surface area contributed by atoms with Crippen LogP contribution in [0.1, 0.15) is 47.7 Å². The highest BCUT2D eigenvalue weighted by Gasteiger charge is 2.37. The van der Waals surface area contributed by atoms with Crippen LogP contribution in [0, 0.1) is 5.92 Å². The molecular formula is C16H21NO4S. The van der Waals surface area contributed by atoms with Gasteiger partial charge in [0.1, 0.15) is 0 Å². The van der Waals surface area contributed by atoms with Crippen molar-refractivity contribution in [2.45, 2.75) is 50.0 Å². The van der Waals surface area contributed by atoms with Crippen molar-refractivity contribution in [1.29, 1.82) is 0 Å². The van der Waals surface area contributed by atoms with Gasteiger partial charge < -0.3 is 5.11 Å². The number of nitrogens with zero attached hydrogens (tertiary/aromatic N) is 1. The lowest BCUT2D eigenvalue weighted by Gasteiger charge is -2.25. The standard InChI is InChI=1S/C16H21NO4S/c1-10(11-6-7-11)17(2)22(20,21)15-9-13(16(18)19)8-12-4-3-5-14(12)15/h8-11H,3-7H2,1-2H3,(H,18,19). The van der Waals surface area contributed by atoms with Gasteiger partial charge >= 0.3 is 5.97 Å². The van der Waals surface area contributed by atoms with Crippen LogP contribution in [0.15, 0.2) is 17.0 Å². The summed E-state index contributed by atoms with van der Waals surface area (Å²) in [5.41, 5.74) is 1.73. The molecule has 3 rings (SSSR count). The highest BCUT2D eigenvalue weighted by molar-refractivity contribution is 7.89. The second-order valence-corrected chi connectivity index (χ2v) is 8.34. The van der Waals surface area contributed by atoms with Gasteiger partial charge in [-0.25, -0.2) is 13.2 Å². The molecule has 0 spiro atoms. The number of carboxylic acids is 1. The zero-order chi connectivity index (χ0) is 16.1. The van der Waals surface area contributed by atoms with E-state index in [1.807, 2.05) is 6.92 Å². The Hall–Kier alpha value is -1.40. The van der Waals surface area contributed by atoms with E-state index in [4.69, 9.17) is 0 Å². The van der Waals surface area contributed by atoms with Crippen molar-refractivity contribution >= 4 is 16.0 Å². The highest BCUT2D eigenvalue weighted by Crippen LogP contribution is 2.38. The van der Waals surface area contributed by atoms with Crippen LogP contribution >= 0.6 is 0 Å². The van der Waals surface area contributed by atoms with Gasteiger partial charge in [0.25, 0.3) is 0 Å². The molecule has 5 nitrogen and oxygen atoms in total. The third kappa shape index (κ3) is 2.54. The molecule has 1 unspecified atom stereocenters. The fourth-order valence-electron chi connectivity index (χ4n) is 3.27. The highest BCUT2D eigenvalue weighted by atomic mass is 32.2. The number of sulfonamides is 1. The molecule has 0 aliphatic heterocycles. The van der Waals surface area contributed by atoms with Crippen LogP contribution in [0.25, 0.3) is 0 Å². The van der Waals surface area contributed by atoms with E-state index in [1.165, 1.54) is 10.4 Å². The van der Waals surface area contributed by atoms with Gasteiger partial charge in [-0.3, -0.25) is 0 Å². The number of carbonyl (C=O) groups is 1. The first-order valence-corrected chi connectivity index (χ1v) is 9.13. The number of benzene rings is 1. The van der Waals surface area contributed by atoms with Gasteiger partial charge in [0.15, 0.2) is 0 Å². The van der Waals surface area contributed by atoms with Crippen molar-refractivity contribution in [2.24, 2.45) is 5.92 Å². The van der Waals surface area contributed by atoms with Crippen LogP contribution in [-0.4, -0.2) is 36.9 Å². The fraction of sp³-hybridized carbons (Fsp3) is 0.562. The second-order valence-electron chi connectivity index (χ2n) is 6.37. The summed E-state index contributed by atoms with van der Waals surface area (Å²) in [6.07, 6.45) is 4.46. The maximum Gasteiger partial charge on any atom is 0.335 e. The van der Waals surface area contributed by atoms with Crippen molar-refractivity contribution in [3.8, 4) is 0 Å². The van der Waals surface area contributed by atoms with Crippen LogP contribution in [0.2, 0.25) is 0 Å². The molecule has 0 amide bonds. The van der Waals surface area contributed by atoms with E-state index in [9.17, 15) is 18.3 Å². The monoisotopic (exact) mass is 323 g/mol. The molecule has 0 radical (unpaired) electrons. The van der Waals surface area contributed by atoms with E-state index >= 15 is 0 Å². The number of rotatable bonds is 5. The van der Waals surface area contributed by atoms with Crippen molar-refractivity contribution in [2.75, 3.05) is 7.05 Å². The summed E-state index contributed by atoms with van der Waals surface area (Å²) in [4.78, 5) is 11.5. The second kappa shape index (κ2) is 5.35. The minimum atomic E-state index is -3.65. The number of hydrogen-bond acceptors (Lipinski definition) is 3. The summed E-state index contributed by atoms with van der Waals surface area (Å²) in [6, 6.07) is 2.90. The minimum absolute atomic E-state index is 0.0458. The molecule has 1 atom stereocenters. The summed E-state index contributed by atoms with van der Waals surface area (Å²) in [5.74, 6) is -0.653. The Kier molecular flexibility index (Phi) is 3.77. The number of aryl methyl sites for hydroxylation is 1. The van der Waals surface area contributed by atoms with Crippen molar-refractivity contribution in [3.63, 3.8) is 0 Å². The zero-order valence-electron chi connectivity index (χ0n) is 12.9. The molecule has 6 heteroatoms. The predicted octanol–water partition coefficient (Wildman–Crippen LogP) is 2.29. The average molecular weight is 323 g/mol. The SMILES string of the molecule is CC(C1CC1)N(C)S(=O)(=O)c1cc(C(=O)O)cc2c1CCC2. The normalized spacial score (nSPS) is 19.2. The van der Waals surface area contributed by atoms with Crippen LogP contribution in [0.4, 0.5) is 0 Å². The largest absolute Gasteiger partial charge is 0.478 e. The Bertz CT molecular complexity index is 722. The molecule has 0 aromatic heterocycles. The van der Waals surface area contributed by atoms with Gasteiger partial charge in [-0.1, -0.05) is 0 Å². The summed E-state index contributed by atoms with van der Waals surface area (Å²) >= 11 is 0. The van der Waals surface area contributed by atoms with Gasteiger partial charge in [0.2, 0.25) is 10.0 Å². The molecule has 0 saturated heterocycles. The molecule has 1 N–H and O–H groups in total. The zero-order valence-corrected chi connectivity index (χ0v) is 13.7.